The molecule has 2 atom stereocenters. The van der Waals surface area contributed by atoms with Crippen LogP contribution in [0.25, 0.3) is 0 Å². The van der Waals surface area contributed by atoms with E-state index in [9.17, 15) is 9.59 Å². The van der Waals surface area contributed by atoms with Gasteiger partial charge in [0.15, 0.2) is 0 Å². The van der Waals surface area contributed by atoms with Gasteiger partial charge in [0.05, 0.1) is 0 Å². The Morgan fingerprint density at radius 1 is 1.04 bits per heavy atom. The largest absolute Gasteiger partial charge is 0.384 e. The number of carbonyl (C=O) groups is 2. The Bertz CT molecular complexity index is 817. The Morgan fingerprint density at radius 3 is 2.56 bits per heavy atom. The van der Waals surface area contributed by atoms with Gasteiger partial charge in [-0.15, -0.1) is 0 Å². The lowest BCUT2D eigenvalue weighted by molar-refractivity contribution is -0.129. The molecule has 5 nitrogen and oxygen atoms in total. The second-order valence-electron chi connectivity index (χ2n) is 7.46. The third-order valence-electron chi connectivity index (χ3n) is 5.23. The number of amides is 2. The zero-order valence-electron chi connectivity index (χ0n) is 15.3. The normalized spacial score (nSPS) is 18.9. The summed E-state index contributed by atoms with van der Waals surface area (Å²) in [6.45, 7) is 0.754. The SMILES string of the molecule is O=C(CC1CNc2ccccc21)NC(Cc1ccccc1)C(=O)NC1CC1. The number of hydrogen-bond acceptors (Lipinski definition) is 3. The van der Waals surface area contributed by atoms with Crippen LogP contribution in [0.2, 0.25) is 0 Å². The maximum Gasteiger partial charge on any atom is 0.243 e. The Hall–Kier alpha value is -2.82. The molecule has 4 rings (SSSR count). The summed E-state index contributed by atoms with van der Waals surface area (Å²) in [7, 11) is 0. The number of fused-ring (bicyclic) bond motifs is 1. The Labute approximate surface area is 159 Å². The molecular weight excluding hydrogens is 338 g/mol. The molecule has 2 aliphatic rings. The Morgan fingerprint density at radius 2 is 1.78 bits per heavy atom. The van der Waals surface area contributed by atoms with Crippen LogP contribution >= 0.6 is 0 Å². The van der Waals surface area contributed by atoms with Crippen molar-refractivity contribution in [1.29, 1.82) is 0 Å². The summed E-state index contributed by atoms with van der Waals surface area (Å²) in [6, 6.07) is 17.7. The number of anilines is 1. The van der Waals surface area contributed by atoms with Crippen molar-refractivity contribution >= 4 is 17.5 Å². The highest BCUT2D eigenvalue weighted by Crippen LogP contribution is 2.33. The van der Waals surface area contributed by atoms with E-state index >= 15 is 0 Å². The molecule has 2 aromatic rings. The Balaban J connectivity index is 1.41. The van der Waals surface area contributed by atoms with Gasteiger partial charge in [-0.3, -0.25) is 9.59 Å². The molecule has 1 saturated carbocycles. The number of benzene rings is 2. The average Bonchev–Trinajstić information content (AvgIpc) is 3.41. The van der Waals surface area contributed by atoms with Crippen molar-refractivity contribution in [1.82, 2.24) is 10.6 Å². The van der Waals surface area contributed by atoms with E-state index in [1.165, 1.54) is 5.56 Å². The van der Waals surface area contributed by atoms with E-state index in [0.717, 1.165) is 30.6 Å². The van der Waals surface area contributed by atoms with Gasteiger partial charge in [-0.05, 0) is 30.0 Å². The quantitative estimate of drug-likeness (QED) is 0.708. The van der Waals surface area contributed by atoms with E-state index in [1.807, 2.05) is 48.5 Å². The number of para-hydroxylation sites is 1. The van der Waals surface area contributed by atoms with Crippen LogP contribution in [-0.4, -0.2) is 30.4 Å². The zero-order valence-corrected chi connectivity index (χ0v) is 15.3. The summed E-state index contributed by atoms with van der Waals surface area (Å²) in [5, 5.41) is 9.35. The summed E-state index contributed by atoms with van der Waals surface area (Å²) in [6.07, 6.45) is 2.95. The van der Waals surface area contributed by atoms with Gasteiger partial charge in [0.1, 0.15) is 6.04 Å². The van der Waals surface area contributed by atoms with Crippen LogP contribution in [0.15, 0.2) is 54.6 Å². The van der Waals surface area contributed by atoms with E-state index in [4.69, 9.17) is 0 Å². The van der Waals surface area contributed by atoms with Gasteiger partial charge in [-0.1, -0.05) is 48.5 Å². The van der Waals surface area contributed by atoms with Crippen LogP contribution in [0.4, 0.5) is 5.69 Å². The summed E-state index contributed by atoms with van der Waals surface area (Å²) < 4.78 is 0. The minimum absolute atomic E-state index is 0.0784. The Kier molecular flexibility index (Phi) is 5.10. The topological polar surface area (TPSA) is 70.2 Å². The number of hydrogen-bond donors (Lipinski definition) is 3. The first kappa shape index (κ1) is 17.6. The van der Waals surface area contributed by atoms with E-state index in [0.29, 0.717) is 12.8 Å². The van der Waals surface area contributed by atoms with Gasteiger partial charge >= 0.3 is 0 Å². The van der Waals surface area contributed by atoms with Crippen LogP contribution < -0.4 is 16.0 Å². The van der Waals surface area contributed by atoms with Crippen LogP contribution in [0.1, 0.15) is 36.3 Å². The molecule has 0 radical (unpaired) electrons. The molecule has 0 spiro atoms. The zero-order chi connectivity index (χ0) is 18.6. The number of carbonyl (C=O) groups excluding carboxylic acids is 2. The van der Waals surface area contributed by atoms with E-state index in [2.05, 4.69) is 22.0 Å². The fraction of sp³-hybridized carbons (Fsp3) is 0.364. The van der Waals surface area contributed by atoms with Gasteiger partial charge in [0.2, 0.25) is 11.8 Å². The molecule has 2 amide bonds. The summed E-state index contributed by atoms with van der Waals surface area (Å²) >= 11 is 0. The van der Waals surface area contributed by atoms with Gasteiger partial charge < -0.3 is 16.0 Å². The fourth-order valence-corrected chi connectivity index (χ4v) is 3.60. The van der Waals surface area contributed by atoms with Gasteiger partial charge in [-0.2, -0.15) is 0 Å². The summed E-state index contributed by atoms with van der Waals surface area (Å²) in [5.41, 5.74) is 3.32. The lowest BCUT2D eigenvalue weighted by atomic mass is 9.97. The molecule has 1 heterocycles. The molecule has 2 unspecified atom stereocenters. The molecular formula is C22H25N3O2. The molecule has 0 saturated heterocycles. The summed E-state index contributed by atoms with van der Waals surface area (Å²) in [5.74, 6) is -0.0184. The van der Waals surface area contributed by atoms with Gasteiger partial charge in [-0.25, -0.2) is 0 Å². The first-order valence-electron chi connectivity index (χ1n) is 9.65. The smallest absolute Gasteiger partial charge is 0.243 e. The third kappa shape index (κ3) is 4.48. The first-order chi connectivity index (χ1) is 13.2. The van der Waals surface area contributed by atoms with Crippen molar-refractivity contribution in [3.8, 4) is 0 Å². The fourth-order valence-electron chi connectivity index (χ4n) is 3.60. The van der Waals surface area contributed by atoms with Crippen molar-refractivity contribution in [2.75, 3.05) is 11.9 Å². The molecule has 0 bridgehead atoms. The molecule has 3 N–H and O–H groups in total. The highest BCUT2D eigenvalue weighted by Gasteiger charge is 2.30. The molecule has 1 fully saturated rings. The monoisotopic (exact) mass is 363 g/mol. The maximum atomic E-state index is 12.7. The maximum absolute atomic E-state index is 12.7. The van der Waals surface area contributed by atoms with Crippen molar-refractivity contribution < 1.29 is 9.59 Å². The number of rotatable bonds is 7. The minimum Gasteiger partial charge on any atom is -0.384 e. The first-order valence-corrected chi connectivity index (χ1v) is 9.65. The van der Waals surface area contributed by atoms with E-state index in [1.54, 1.807) is 0 Å². The van der Waals surface area contributed by atoms with Crippen LogP contribution in [0.3, 0.4) is 0 Å². The molecule has 2 aromatic carbocycles. The van der Waals surface area contributed by atoms with Crippen molar-refractivity contribution in [2.24, 2.45) is 0 Å². The van der Waals surface area contributed by atoms with Crippen molar-refractivity contribution in [2.45, 2.75) is 43.7 Å². The minimum atomic E-state index is -0.537. The van der Waals surface area contributed by atoms with Crippen LogP contribution in [0, 0.1) is 0 Å². The van der Waals surface area contributed by atoms with Gasteiger partial charge in [0.25, 0.3) is 0 Å². The average molecular weight is 363 g/mol. The predicted molar refractivity (Wildman–Crippen MR) is 106 cm³/mol. The van der Waals surface area contributed by atoms with Gasteiger partial charge in [0, 0.05) is 37.0 Å². The van der Waals surface area contributed by atoms with E-state index in [-0.39, 0.29) is 23.8 Å². The lowest BCUT2D eigenvalue weighted by Gasteiger charge is -2.20. The number of nitrogens with one attached hydrogen (secondary N) is 3. The van der Waals surface area contributed by atoms with Crippen LogP contribution in [-0.2, 0) is 16.0 Å². The molecule has 1 aliphatic carbocycles. The standard InChI is InChI=1S/C22H25N3O2/c26-21(13-16-14-23-19-9-5-4-8-18(16)19)25-20(22(27)24-17-10-11-17)12-15-6-2-1-3-7-15/h1-9,16-17,20,23H,10-14H2,(H,24,27)(H,25,26). The summed E-state index contributed by atoms with van der Waals surface area (Å²) in [4.78, 5) is 25.3. The lowest BCUT2D eigenvalue weighted by Crippen LogP contribution is -2.48. The van der Waals surface area contributed by atoms with Crippen molar-refractivity contribution in [3.05, 3.63) is 65.7 Å². The highest BCUT2D eigenvalue weighted by atomic mass is 16.2. The predicted octanol–water partition coefficient (Wildman–Crippen LogP) is 2.59. The second kappa shape index (κ2) is 7.82. The third-order valence-corrected chi connectivity index (χ3v) is 5.23. The highest BCUT2D eigenvalue weighted by molar-refractivity contribution is 5.88. The molecule has 1 aliphatic heterocycles. The van der Waals surface area contributed by atoms with Crippen molar-refractivity contribution in [3.63, 3.8) is 0 Å². The molecule has 27 heavy (non-hydrogen) atoms. The second-order valence-corrected chi connectivity index (χ2v) is 7.46. The molecule has 140 valence electrons. The van der Waals surface area contributed by atoms with E-state index < -0.39 is 6.04 Å². The molecule has 0 aromatic heterocycles. The molecule has 5 heteroatoms. The van der Waals surface area contributed by atoms with Crippen LogP contribution in [0.5, 0.6) is 0 Å².